The average Bonchev–Trinajstić information content (AvgIpc) is 2.55. The highest BCUT2D eigenvalue weighted by molar-refractivity contribution is 5.81. The molecule has 1 aromatic carbocycles. The van der Waals surface area contributed by atoms with Gasteiger partial charge in [-0.2, -0.15) is 0 Å². The summed E-state index contributed by atoms with van der Waals surface area (Å²) in [6.07, 6.45) is -2.33. The van der Waals surface area contributed by atoms with Crippen molar-refractivity contribution in [1.29, 1.82) is 0 Å². The molecule has 118 valence electrons. The van der Waals surface area contributed by atoms with E-state index in [9.17, 15) is 14.7 Å². The van der Waals surface area contributed by atoms with E-state index in [0.717, 1.165) is 12.7 Å². The number of esters is 1. The molecule has 0 aliphatic heterocycles. The molecule has 0 saturated carbocycles. The Morgan fingerprint density at radius 1 is 1.41 bits per heavy atom. The molecule has 0 bridgehead atoms. The number of carbonyl (C=O) groups is 2. The molecule has 0 aromatic heterocycles. The van der Waals surface area contributed by atoms with Gasteiger partial charge in [-0.15, -0.1) is 0 Å². The van der Waals surface area contributed by atoms with Crippen LogP contribution in [0.1, 0.15) is 5.56 Å². The number of aliphatic hydroxyl groups is 1. The standard InChI is InChI=1S/C13H16N4O5/c1-21-12(19)11(10(18)7-15-17-14)16-13(20)22-8-9-5-3-2-4-6-9/h2-6,10-11,18H,7-8H2,1H3,(H,16,20)/t10-,11+/m0/s1. The zero-order chi connectivity index (χ0) is 16.4. The van der Waals surface area contributed by atoms with E-state index >= 15 is 0 Å². The van der Waals surface area contributed by atoms with Crippen molar-refractivity contribution in [3.8, 4) is 0 Å². The molecule has 1 amide bonds. The molecular weight excluding hydrogens is 292 g/mol. The van der Waals surface area contributed by atoms with Gasteiger partial charge in [0.15, 0.2) is 6.04 Å². The SMILES string of the molecule is COC(=O)[C@H](NC(=O)OCc1ccccc1)[C@@H](O)CN=[N+]=[N-]. The Balaban J connectivity index is 2.58. The summed E-state index contributed by atoms with van der Waals surface area (Å²) in [5.74, 6) is -0.877. The predicted octanol–water partition coefficient (Wildman–Crippen LogP) is 1.13. The number of carbonyl (C=O) groups excluding carboxylic acids is 2. The molecule has 9 nitrogen and oxygen atoms in total. The Kier molecular flexibility index (Phi) is 7.24. The first kappa shape index (κ1) is 17.3. The molecule has 0 radical (unpaired) electrons. The topological polar surface area (TPSA) is 134 Å². The van der Waals surface area contributed by atoms with Crippen LogP contribution in [-0.2, 0) is 20.9 Å². The van der Waals surface area contributed by atoms with Crippen LogP contribution in [0.4, 0.5) is 4.79 Å². The van der Waals surface area contributed by atoms with Crippen molar-refractivity contribution in [2.45, 2.75) is 18.8 Å². The van der Waals surface area contributed by atoms with E-state index in [0.29, 0.717) is 0 Å². The predicted molar refractivity (Wildman–Crippen MR) is 75.6 cm³/mol. The minimum Gasteiger partial charge on any atom is -0.467 e. The van der Waals surface area contributed by atoms with Gasteiger partial charge in [-0.25, -0.2) is 9.59 Å². The van der Waals surface area contributed by atoms with Crippen LogP contribution in [0, 0.1) is 0 Å². The number of alkyl carbamates (subject to hydrolysis) is 1. The van der Waals surface area contributed by atoms with E-state index in [1.54, 1.807) is 24.3 Å². The van der Waals surface area contributed by atoms with Crippen LogP contribution in [0.2, 0.25) is 0 Å². The van der Waals surface area contributed by atoms with Crippen LogP contribution >= 0.6 is 0 Å². The molecule has 1 rings (SSSR count). The number of hydrogen-bond acceptors (Lipinski definition) is 6. The van der Waals surface area contributed by atoms with E-state index in [1.165, 1.54) is 0 Å². The lowest BCUT2D eigenvalue weighted by molar-refractivity contribution is -0.145. The second-order valence-corrected chi connectivity index (χ2v) is 4.19. The maximum atomic E-state index is 11.7. The zero-order valence-corrected chi connectivity index (χ0v) is 11.9. The Morgan fingerprint density at radius 3 is 2.68 bits per heavy atom. The summed E-state index contributed by atoms with van der Waals surface area (Å²) in [7, 11) is 1.10. The van der Waals surface area contributed by atoms with Crippen molar-refractivity contribution in [3.63, 3.8) is 0 Å². The summed E-state index contributed by atoms with van der Waals surface area (Å²) in [5, 5.41) is 15.1. The van der Waals surface area contributed by atoms with Gasteiger partial charge in [0.05, 0.1) is 19.8 Å². The third-order valence-corrected chi connectivity index (χ3v) is 2.66. The molecule has 0 saturated heterocycles. The zero-order valence-electron chi connectivity index (χ0n) is 11.9. The van der Waals surface area contributed by atoms with Gasteiger partial charge in [-0.1, -0.05) is 35.4 Å². The van der Waals surface area contributed by atoms with Crippen LogP contribution in [-0.4, -0.2) is 43.0 Å². The number of methoxy groups -OCH3 is 1. The van der Waals surface area contributed by atoms with Gasteiger partial charge in [0, 0.05) is 4.91 Å². The Hall–Kier alpha value is -2.77. The smallest absolute Gasteiger partial charge is 0.408 e. The molecule has 0 spiro atoms. The quantitative estimate of drug-likeness (QED) is 0.337. The third kappa shape index (κ3) is 5.70. The number of rotatable bonds is 7. The first-order chi connectivity index (χ1) is 10.6. The first-order valence-electron chi connectivity index (χ1n) is 6.32. The van der Waals surface area contributed by atoms with E-state index in [4.69, 9.17) is 10.3 Å². The van der Waals surface area contributed by atoms with Crippen LogP contribution in [0.3, 0.4) is 0 Å². The van der Waals surface area contributed by atoms with Gasteiger partial charge < -0.3 is 19.9 Å². The molecule has 2 N–H and O–H groups in total. The number of ether oxygens (including phenoxy) is 2. The number of aliphatic hydroxyl groups excluding tert-OH is 1. The molecule has 0 heterocycles. The number of benzene rings is 1. The summed E-state index contributed by atoms with van der Waals surface area (Å²) >= 11 is 0. The molecule has 0 aliphatic rings. The lowest BCUT2D eigenvalue weighted by Crippen LogP contribution is -2.50. The fourth-order valence-electron chi connectivity index (χ4n) is 1.56. The van der Waals surface area contributed by atoms with Crippen LogP contribution < -0.4 is 5.32 Å². The second kappa shape index (κ2) is 9.22. The monoisotopic (exact) mass is 308 g/mol. The molecule has 2 atom stereocenters. The van der Waals surface area contributed by atoms with Crippen LogP contribution in [0.15, 0.2) is 35.4 Å². The summed E-state index contributed by atoms with van der Waals surface area (Å²) in [5.41, 5.74) is 8.97. The van der Waals surface area contributed by atoms with E-state index < -0.39 is 30.8 Å². The highest BCUT2D eigenvalue weighted by Gasteiger charge is 2.29. The second-order valence-electron chi connectivity index (χ2n) is 4.19. The minimum atomic E-state index is -1.42. The molecule has 22 heavy (non-hydrogen) atoms. The van der Waals surface area contributed by atoms with E-state index in [-0.39, 0.29) is 6.61 Å². The highest BCUT2D eigenvalue weighted by atomic mass is 16.6. The Morgan fingerprint density at radius 2 is 2.09 bits per heavy atom. The van der Waals surface area contributed by atoms with Gasteiger partial charge in [0.2, 0.25) is 0 Å². The van der Waals surface area contributed by atoms with Crippen LogP contribution in [0.25, 0.3) is 10.4 Å². The lowest BCUT2D eigenvalue weighted by atomic mass is 10.1. The van der Waals surface area contributed by atoms with E-state index in [2.05, 4.69) is 20.1 Å². The summed E-state index contributed by atoms with van der Waals surface area (Å²) in [6.45, 7) is -0.387. The maximum absolute atomic E-state index is 11.7. The number of nitrogens with zero attached hydrogens (tertiary/aromatic N) is 3. The van der Waals surface area contributed by atoms with Crippen LogP contribution in [0.5, 0.6) is 0 Å². The molecule has 0 unspecified atom stereocenters. The van der Waals surface area contributed by atoms with Gasteiger partial charge >= 0.3 is 12.1 Å². The van der Waals surface area contributed by atoms with E-state index in [1.807, 2.05) is 6.07 Å². The lowest BCUT2D eigenvalue weighted by Gasteiger charge is -2.20. The fraction of sp³-hybridized carbons (Fsp3) is 0.385. The summed E-state index contributed by atoms with van der Waals surface area (Å²) in [4.78, 5) is 25.7. The molecular formula is C13H16N4O5. The van der Waals surface area contributed by atoms with Crippen molar-refractivity contribution in [2.24, 2.45) is 5.11 Å². The van der Waals surface area contributed by atoms with Crippen molar-refractivity contribution in [1.82, 2.24) is 5.32 Å². The highest BCUT2D eigenvalue weighted by Crippen LogP contribution is 2.03. The Labute approximate surface area is 126 Å². The summed E-state index contributed by atoms with van der Waals surface area (Å²) < 4.78 is 9.41. The van der Waals surface area contributed by atoms with Crippen molar-refractivity contribution >= 4 is 12.1 Å². The largest absolute Gasteiger partial charge is 0.467 e. The molecule has 9 heteroatoms. The van der Waals surface area contributed by atoms with Gasteiger partial charge in [0.1, 0.15) is 6.61 Å². The van der Waals surface area contributed by atoms with Crippen molar-refractivity contribution in [2.75, 3.05) is 13.7 Å². The Bertz CT molecular complexity index is 545. The third-order valence-electron chi connectivity index (χ3n) is 2.66. The fourth-order valence-corrected chi connectivity index (χ4v) is 1.56. The first-order valence-corrected chi connectivity index (χ1v) is 6.32. The number of hydrogen-bond donors (Lipinski definition) is 2. The van der Waals surface area contributed by atoms with Gasteiger partial charge in [-0.3, -0.25) is 0 Å². The minimum absolute atomic E-state index is 0.00695. The molecule has 1 aromatic rings. The van der Waals surface area contributed by atoms with Crippen molar-refractivity contribution in [3.05, 3.63) is 46.3 Å². The number of nitrogens with one attached hydrogen (secondary N) is 1. The summed E-state index contributed by atoms with van der Waals surface area (Å²) in [6, 6.07) is 7.54. The van der Waals surface area contributed by atoms with Crippen molar-refractivity contribution < 1.29 is 24.2 Å². The average molecular weight is 308 g/mol. The molecule has 0 aliphatic carbocycles. The normalized spacial score (nSPS) is 12.5. The number of amides is 1. The van der Waals surface area contributed by atoms with Gasteiger partial charge in [-0.05, 0) is 11.1 Å². The number of azide groups is 1. The maximum Gasteiger partial charge on any atom is 0.408 e. The molecule has 0 fully saturated rings. The van der Waals surface area contributed by atoms with Gasteiger partial charge in [0.25, 0.3) is 0 Å².